The number of carboxylic acids is 1. The number of aryl methyl sites for hydroxylation is 1. The van der Waals surface area contributed by atoms with Gasteiger partial charge in [0.1, 0.15) is 30.0 Å². The maximum absolute atomic E-state index is 13.5. The number of aliphatic carboxylic acids is 1. The molecule has 0 bridgehead atoms. The van der Waals surface area contributed by atoms with Crippen molar-refractivity contribution in [1.82, 2.24) is 5.32 Å². The van der Waals surface area contributed by atoms with E-state index in [0.717, 1.165) is 16.7 Å². The molecule has 9 heteroatoms. The van der Waals surface area contributed by atoms with E-state index in [9.17, 15) is 19.1 Å². The van der Waals surface area contributed by atoms with Crippen LogP contribution in [0.2, 0.25) is 0 Å². The van der Waals surface area contributed by atoms with Crippen molar-refractivity contribution in [1.29, 1.82) is 0 Å². The molecule has 2 atom stereocenters. The number of ether oxygens (including phenoxy) is 1. The summed E-state index contributed by atoms with van der Waals surface area (Å²) in [5.41, 5.74) is 3.74. The summed E-state index contributed by atoms with van der Waals surface area (Å²) in [5, 5.41) is 12.4. The van der Waals surface area contributed by atoms with Gasteiger partial charge in [0.05, 0.1) is 6.61 Å². The number of thioether (sulfide) groups is 1. The quantitative estimate of drug-likeness (QED) is 0.211. The van der Waals surface area contributed by atoms with Crippen molar-refractivity contribution in [2.75, 3.05) is 12.9 Å². The van der Waals surface area contributed by atoms with Gasteiger partial charge in [-0.1, -0.05) is 54.6 Å². The molecule has 1 heterocycles. The summed E-state index contributed by atoms with van der Waals surface area (Å²) < 4.78 is 25.1. The van der Waals surface area contributed by atoms with E-state index in [0.29, 0.717) is 22.6 Å². The fourth-order valence-corrected chi connectivity index (χ4v) is 4.90. The minimum atomic E-state index is -1.11. The molecule has 0 aliphatic heterocycles. The Balaban J connectivity index is 0.00000441. The number of amides is 1. The summed E-state index contributed by atoms with van der Waals surface area (Å²) >= 11 is 1.47. The molecule has 0 aliphatic carbocycles. The van der Waals surface area contributed by atoms with E-state index in [1.807, 2.05) is 49.6 Å². The molecule has 0 aliphatic rings. The Kier molecular flexibility index (Phi) is 11.7. The van der Waals surface area contributed by atoms with E-state index >= 15 is 0 Å². The Morgan fingerprint density at radius 3 is 2.42 bits per heavy atom. The second-order valence-electron chi connectivity index (χ2n) is 9.11. The molecule has 4 rings (SSSR count). The zero-order valence-corrected chi connectivity index (χ0v) is 22.5. The van der Waals surface area contributed by atoms with Gasteiger partial charge in [-0.15, -0.1) is 0 Å². The number of carbonyl (C=O) groups excluding carboxylic acids is 1. The number of hydrogen-bond acceptors (Lipinski definition) is 5. The van der Waals surface area contributed by atoms with Crippen LogP contribution in [-0.2, 0) is 16.1 Å². The predicted octanol–water partition coefficient (Wildman–Crippen LogP) is 5.93. The third-order valence-electron chi connectivity index (χ3n) is 6.36. The van der Waals surface area contributed by atoms with E-state index in [4.69, 9.17) is 9.15 Å². The molecule has 0 radical (unpaired) electrons. The van der Waals surface area contributed by atoms with Crippen LogP contribution >= 0.6 is 11.8 Å². The summed E-state index contributed by atoms with van der Waals surface area (Å²) in [6.07, 6.45) is 2.05. The van der Waals surface area contributed by atoms with Crippen molar-refractivity contribution in [3.63, 3.8) is 0 Å². The Labute approximate surface area is 249 Å². The van der Waals surface area contributed by atoms with E-state index in [2.05, 4.69) is 5.32 Å². The molecular weight excluding hydrogens is 524 g/mol. The monoisotopic (exact) mass is 555 g/mol. The van der Waals surface area contributed by atoms with E-state index < -0.39 is 17.9 Å². The topological polar surface area (TPSA) is 88.8 Å². The molecule has 0 saturated heterocycles. The van der Waals surface area contributed by atoms with E-state index in [-0.39, 0.29) is 49.6 Å². The van der Waals surface area contributed by atoms with Crippen LogP contribution in [0.25, 0.3) is 22.5 Å². The van der Waals surface area contributed by atoms with Crippen molar-refractivity contribution in [3.05, 3.63) is 108 Å². The van der Waals surface area contributed by atoms with Crippen LogP contribution in [0.15, 0.2) is 89.3 Å². The molecule has 3 aromatic carbocycles. The van der Waals surface area contributed by atoms with Gasteiger partial charge >= 0.3 is 24.8 Å². The molecule has 2 N–H and O–H groups in total. The number of rotatable bonds is 12. The van der Waals surface area contributed by atoms with Gasteiger partial charge in [-0.2, -0.15) is 11.8 Å². The van der Waals surface area contributed by atoms with Crippen LogP contribution in [0.4, 0.5) is 4.39 Å². The number of carboxylic acid groups (broad SMARTS) is 1. The van der Waals surface area contributed by atoms with E-state index in [1.165, 1.54) is 23.9 Å². The molecule has 2 unspecified atom stereocenters. The second kappa shape index (κ2) is 14.9. The van der Waals surface area contributed by atoms with Crippen LogP contribution in [0.1, 0.15) is 28.1 Å². The van der Waals surface area contributed by atoms with Crippen molar-refractivity contribution >= 4 is 42.5 Å². The summed E-state index contributed by atoms with van der Waals surface area (Å²) in [6.45, 7) is 2.41. The Hall–Kier alpha value is -3.28. The van der Waals surface area contributed by atoms with Crippen molar-refractivity contribution in [2.45, 2.75) is 31.2 Å². The fourth-order valence-electron chi connectivity index (χ4n) is 4.29. The fraction of sp³-hybridized carbons (Fsp3) is 0.226. The number of benzene rings is 3. The second-order valence-corrected chi connectivity index (χ2v) is 10.2. The van der Waals surface area contributed by atoms with E-state index in [1.54, 1.807) is 36.4 Å². The summed E-state index contributed by atoms with van der Waals surface area (Å²) in [7, 11) is 0. The van der Waals surface area contributed by atoms with Gasteiger partial charge in [-0.25, -0.2) is 9.18 Å². The average molecular weight is 556 g/mol. The van der Waals surface area contributed by atoms with Gasteiger partial charge in [0.2, 0.25) is 0 Å². The third kappa shape index (κ3) is 8.12. The third-order valence-corrected chi connectivity index (χ3v) is 7.36. The first-order chi connectivity index (χ1) is 18.9. The Morgan fingerprint density at radius 1 is 1.00 bits per heavy atom. The van der Waals surface area contributed by atoms with Crippen molar-refractivity contribution in [3.8, 4) is 22.5 Å². The molecule has 1 aromatic heterocycles. The molecule has 204 valence electrons. The van der Waals surface area contributed by atoms with Gasteiger partial charge in [0.25, 0.3) is 5.91 Å². The number of halogens is 1. The first-order valence-corrected chi connectivity index (χ1v) is 13.8. The normalized spacial score (nSPS) is 12.3. The van der Waals surface area contributed by atoms with Gasteiger partial charge in [-0.05, 0) is 66.6 Å². The average Bonchev–Trinajstić information content (AvgIpc) is 3.41. The van der Waals surface area contributed by atoms with Gasteiger partial charge in [-0.3, -0.25) is 4.79 Å². The maximum atomic E-state index is 13.5. The summed E-state index contributed by atoms with van der Waals surface area (Å²) in [4.78, 5) is 25.3. The van der Waals surface area contributed by atoms with Crippen molar-refractivity contribution in [2.24, 2.45) is 0 Å². The van der Waals surface area contributed by atoms with Crippen molar-refractivity contribution < 1.29 is 28.2 Å². The Morgan fingerprint density at radius 2 is 1.73 bits per heavy atom. The number of furan rings is 1. The van der Waals surface area contributed by atoms with Crippen LogP contribution in [0.3, 0.4) is 0 Å². The predicted molar refractivity (Wildman–Crippen MR) is 158 cm³/mol. The molecule has 1 amide bonds. The first kappa shape index (κ1) is 31.2. The molecule has 6 nitrogen and oxygen atoms in total. The number of nitrogens with one attached hydrogen (secondary N) is 1. The van der Waals surface area contributed by atoms with Gasteiger partial charge in [0, 0.05) is 16.4 Å². The minimum absolute atomic E-state index is 0. The van der Waals surface area contributed by atoms with Gasteiger partial charge < -0.3 is 19.6 Å². The number of hydrogen-bond donors (Lipinski definition) is 2. The SMILES string of the molecule is CSC(COCc1ccc(-c2cccc(F)c2)o1)CC(NC(=O)c1ccccc1-c1ccccc1C)C(=O)O.[LiH]. The number of carbonyl (C=O) groups is 2. The standard InChI is InChI=1S/C31H30FNO5S.Li.H/c1-20-8-3-4-11-25(20)26-12-5-6-13-27(26)30(34)33-28(31(35)36)17-24(39-2)19-37-18-23-14-15-29(38-23)21-9-7-10-22(32)16-21;;/h3-16,24,28H,17-19H2,1-2H3,(H,33,34)(H,35,36);;. The first-order valence-electron chi connectivity index (χ1n) is 12.5. The van der Waals surface area contributed by atoms with Crippen LogP contribution in [0, 0.1) is 12.7 Å². The summed E-state index contributed by atoms with van der Waals surface area (Å²) in [6, 6.07) is 23.5. The zero-order chi connectivity index (χ0) is 27.8. The molecule has 0 fully saturated rings. The molecule has 4 aromatic rings. The molecular formula is C31H31FLiNO5S. The van der Waals surface area contributed by atoms with Crippen LogP contribution in [0.5, 0.6) is 0 Å². The van der Waals surface area contributed by atoms with Crippen LogP contribution < -0.4 is 5.32 Å². The Bertz CT molecular complexity index is 1440. The summed E-state index contributed by atoms with van der Waals surface area (Å²) in [5.74, 6) is -0.786. The molecule has 40 heavy (non-hydrogen) atoms. The van der Waals surface area contributed by atoms with Gasteiger partial charge in [0.15, 0.2) is 0 Å². The molecule has 0 saturated carbocycles. The molecule has 0 spiro atoms. The zero-order valence-electron chi connectivity index (χ0n) is 21.7. The van der Waals surface area contributed by atoms with Crippen LogP contribution in [-0.4, -0.2) is 60.0 Å².